The lowest BCUT2D eigenvalue weighted by molar-refractivity contribution is 0.0455. The number of ether oxygens (including phenoxy) is 1. The van der Waals surface area contributed by atoms with Crippen molar-refractivity contribution in [3.8, 4) is 0 Å². The number of aromatic nitrogens is 2. The van der Waals surface area contributed by atoms with Crippen molar-refractivity contribution in [1.82, 2.24) is 9.97 Å². The fourth-order valence-electron chi connectivity index (χ4n) is 1.81. The van der Waals surface area contributed by atoms with Crippen molar-refractivity contribution in [1.29, 1.82) is 0 Å². The van der Waals surface area contributed by atoms with Crippen molar-refractivity contribution in [2.24, 2.45) is 0 Å². The van der Waals surface area contributed by atoms with Crippen LogP contribution in [0.25, 0.3) is 10.2 Å². The maximum absolute atomic E-state index is 6.27. The molecule has 0 bridgehead atoms. The van der Waals surface area contributed by atoms with E-state index >= 15 is 0 Å². The minimum Gasteiger partial charge on any atom is -0.379 e. The minimum absolute atomic E-state index is 0.585. The standard InChI is InChI=1S/C12H13ClN2OS2/c1-6-7(2)18-12-10(6)11(13)14-9(15-12)5-17-8-3-16-4-8/h8H,3-5H2,1-2H3. The summed E-state index contributed by atoms with van der Waals surface area (Å²) in [5.41, 5.74) is 1.20. The number of aryl methyl sites for hydroxylation is 2. The molecule has 0 radical (unpaired) electrons. The molecule has 0 atom stereocenters. The third-order valence-corrected chi connectivity index (χ3v) is 5.63. The molecule has 0 saturated carbocycles. The van der Waals surface area contributed by atoms with Crippen molar-refractivity contribution in [3.63, 3.8) is 0 Å². The highest BCUT2D eigenvalue weighted by atomic mass is 35.5. The smallest absolute Gasteiger partial charge is 0.141 e. The Morgan fingerprint density at radius 3 is 2.83 bits per heavy atom. The third kappa shape index (κ3) is 2.25. The van der Waals surface area contributed by atoms with E-state index in [1.807, 2.05) is 11.8 Å². The number of thiophene rings is 1. The number of fused-ring (bicyclic) bond motifs is 1. The summed E-state index contributed by atoms with van der Waals surface area (Å²) in [6.45, 7) is 5.86. The van der Waals surface area contributed by atoms with E-state index in [4.69, 9.17) is 16.3 Å². The quantitative estimate of drug-likeness (QED) is 0.811. The van der Waals surface area contributed by atoms with Crippen LogP contribution < -0.4 is 0 Å². The summed E-state index contributed by atoms with van der Waals surface area (Å²) in [6, 6.07) is 0. The van der Waals surface area contributed by atoms with Gasteiger partial charge in [0.2, 0.25) is 0 Å². The van der Waals surface area contributed by atoms with E-state index in [2.05, 4.69) is 23.8 Å². The van der Waals surface area contributed by atoms with Crippen LogP contribution >= 0.6 is 34.7 Å². The van der Waals surface area contributed by atoms with Gasteiger partial charge >= 0.3 is 0 Å². The molecule has 3 rings (SSSR count). The average molecular weight is 301 g/mol. The fraction of sp³-hybridized carbons (Fsp3) is 0.500. The molecule has 18 heavy (non-hydrogen) atoms. The van der Waals surface area contributed by atoms with Crippen molar-refractivity contribution in [2.75, 3.05) is 13.2 Å². The van der Waals surface area contributed by atoms with E-state index in [9.17, 15) is 0 Å². The summed E-state index contributed by atoms with van der Waals surface area (Å²) < 4.78 is 5.15. The van der Waals surface area contributed by atoms with Crippen molar-refractivity contribution in [3.05, 3.63) is 21.4 Å². The van der Waals surface area contributed by atoms with E-state index in [1.54, 1.807) is 11.3 Å². The van der Waals surface area contributed by atoms with Crippen LogP contribution in [0.2, 0.25) is 5.15 Å². The Hall–Kier alpha value is -0.360. The molecule has 3 heterocycles. The second-order valence-electron chi connectivity index (χ2n) is 4.36. The second kappa shape index (κ2) is 4.96. The van der Waals surface area contributed by atoms with Gasteiger partial charge in [0, 0.05) is 4.88 Å². The first-order valence-electron chi connectivity index (χ1n) is 5.76. The molecule has 0 aromatic carbocycles. The Morgan fingerprint density at radius 1 is 1.39 bits per heavy atom. The molecule has 2 aromatic rings. The van der Waals surface area contributed by atoms with Gasteiger partial charge in [-0.3, -0.25) is 0 Å². The molecule has 0 amide bonds. The summed E-state index contributed by atoms with van der Waals surface area (Å²) in [7, 11) is 0. The van der Waals surface area contributed by atoms with Gasteiger partial charge in [-0.15, -0.1) is 23.1 Å². The number of hydrogen-bond donors (Lipinski definition) is 0. The first-order chi connectivity index (χ1) is 8.65. The second-order valence-corrected chi connectivity index (χ2v) is 7.21. The van der Waals surface area contributed by atoms with Gasteiger partial charge in [-0.2, -0.15) is 0 Å². The van der Waals surface area contributed by atoms with Gasteiger partial charge in [0.15, 0.2) is 0 Å². The van der Waals surface area contributed by atoms with Crippen LogP contribution in [0.5, 0.6) is 0 Å². The molecule has 6 heteroatoms. The summed E-state index contributed by atoms with van der Waals surface area (Å²) in [6.07, 6.45) is 0. The van der Waals surface area contributed by atoms with Crippen molar-refractivity contribution >= 4 is 44.9 Å². The van der Waals surface area contributed by atoms with Gasteiger partial charge in [-0.1, -0.05) is 11.6 Å². The van der Waals surface area contributed by atoms with Crippen LogP contribution in [-0.4, -0.2) is 28.4 Å². The van der Waals surface area contributed by atoms with Crippen LogP contribution in [0, 0.1) is 13.8 Å². The summed E-state index contributed by atoms with van der Waals surface area (Å²) in [4.78, 5) is 11.3. The Bertz CT molecular complexity index is 595. The normalized spacial score (nSPS) is 16.2. The monoisotopic (exact) mass is 300 g/mol. The highest BCUT2D eigenvalue weighted by Gasteiger charge is 2.20. The predicted octanol–water partition coefficient (Wildman–Crippen LogP) is 3.59. The van der Waals surface area contributed by atoms with Crippen LogP contribution in [0.3, 0.4) is 0 Å². The highest BCUT2D eigenvalue weighted by Crippen LogP contribution is 2.33. The van der Waals surface area contributed by atoms with Gasteiger partial charge in [0.1, 0.15) is 15.8 Å². The first kappa shape index (κ1) is 12.7. The first-order valence-corrected chi connectivity index (χ1v) is 8.01. The number of hydrogen-bond acceptors (Lipinski definition) is 5. The molecule has 1 aliphatic rings. The van der Waals surface area contributed by atoms with Gasteiger partial charge < -0.3 is 4.74 Å². The third-order valence-electron chi connectivity index (χ3n) is 3.09. The lowest BCUT2D eigenvalue weighted by atomic mass is 10.2. The van der Waals surface area contributed by atoms with Gasteiger partial charge in [-0.25, -0.2) is 9.97 Å². The van der Waals surface area contributed by atoms with E-state index in [1.165, 1.54) is 10.4 Å². The number of thioether (sulfide) groups is 1. The number of halogens is 1. The van der Waals surface area contributed by atoms with Crippen LogP contribution in [-0.2, 0) is 10.5 Å². The Labute approximate surface area is 119 Å². The van der Waals surface area contributed by atoms with E-state index in [0.717, 1.165) is 35.0 Å². The predicted molar refractivity (Wildman–Crippen MR) is 77.8 cm³/mol. The lowest BCUT2D eigenvalue weighted by Gasteiger charge is -2.24. The average Bonchev–Trinajstić information content (AvgIpc) is 2.53. The van der Waals surface area contributed by atoms with Crippen LogP contribution in [0.1, 0.15) is 16.3 Å². The topological polar surface area (TPSA) is 35.0 Å². The van der Waals surface area contributed by atoms with Crippen LogP contribution in [0.15, 0.2) is 0 Å². The Kier molecular flexibility index (Phi) is 3.49. The maximum atomic E-state index is 6.27. The molecule has 0 unspecified atom stereocenters. The molecule has 96 valence electrons. The van der Waals surface area contributed by atoms with E-state index in [0.29, 0.717) is 10.4 Å². The number of rotatable bonds is 3. The lowest BCUT2D eigenvalue weighted by Crippen LogP contribution is -2.30. The maximum Gasteiger partial charge on any atom is 0.141 e. The molecule has 0 spiro atoms. The molecule has 2 aromatic heterocycles. The molecule has 0 aliphatic carbocycles. The molecule has 1 saturated heterocycles. The van der Waals surface area contributed by atoms with Crippen molar-refractivity contribution in [2.45, 2.75) is 24.9 Å². The molecule has 0 N–H and O–H groups in total. The van der Waals surface area contributed by atoms with Gasteiger partial charge in [0.25, 0.3) is 0 Å². The Balaban J connectivity index is 1.89. The zero-order valence-electron chi connectivity index (χ0n) is 10.2. The van der Waals surface area contributed by atoms with Gasteiger partial charge in [-0.05, 0) is 19.4 Å². The summed E-state index contributed by atoms with van der Waals surface area (Å²) in [5, 5.41) is 2.19. The molecule has 1 aliphatic heterocycles. The molecular weight excluding hydrogens is 288 g/mol. The zero-order valence-corrected chi connectivity index (χ0v) is 12.6. The summed E-state index contributed by atoms with van der Waals surface area (Å²) in [5.74, 6) is 1.63. The summed E-state index contributed by atoms with van der Waals surface area (Å²) >= 11 is 9.80. The minimum atomic E-state index is 0.585. The number of nitrogens with zero attached hydrogens (tertiary/aromatic N) is 2. The van der Waals surface area contributed by atoms with Gasteiger partial charge in [0.05, 0.1) is 29.6 Å². The largest absolute Gasteiger partial charge is 0.379 e. The molecule has 1 fully saturated rings. The van der Waals surface area contributed by atoms with Crippen molar-refractivity contribution < 1.29 is 4.74 Å². The highest BCUT2D eigenvalue weighted by molar-refractivity contribution is 7.99. The van der Waals surface area contributed by atoms with E-state index in [-0.39, 0.29) is 0 Å². The van der Waals surface area contributed by atoms with E-state index < -0.39 is 0 Å². The SMILES string of the molecule is Cc1sc2nc(CSC3COC3)nc(Cl)c2c1C. The molecular formula is C12H13ClN2OS2. The fourth-order valence-corrected chi connectivity index (χ4v) is 4.14. The zero-order chi connectivity index (χ0) is 12.7. The van der Waals surface area contributed by atoms with Crippen LogP contribution in [0.4, 0.5) is 0 Å². The molecule has 3 nitrogen and oxygen atoms in total. The Morgan fingerprint density at radius 2 is 2.17 bits per heavy atom.